The molecule has 1 heterocycles. The van der Waals surface area contributed by atoms with Gasteiger partial charge in [0.25, 0.3) is 11.8 Å². The van der Waals surface area contributed by atoms with Crippen LogP contribution in [0.25, 0.3) is 0 Å². The van der Waals surface area contributed by atoms with Crippen molar-refractivity contribution < 1.29 is 14.3 Å². The predicted molar refractivity (Wildman–Crippen MR) is 78.0 cm³/mol. The Hall–Kier alpha value is -2.30. The zero-order chi connectivity index (χ0) is 14.7. The summed E-state index contributed by atoms with van der Waals surface area (Å²) in [7, 11) is 1.69. The first-order chi connectivity index (χ1) is 9.52. The van der Waals surface area contributed by atoms with Crippen LogP contribution in [0.5, 0.6) is 5.75 Å². The van der Waals surface area contributed by atoms with Crippen LogP contribution >= 0.6 is 0 Å². The van der Waals surface area contributed by atoms with E-state index in [0.29, 0.717) is 22.7 Å². The Bertz CT molecular complexity index is 578. The number of rotatable bonds is 3. The Balaban J connectivity index is 2.21. The molecule has 1 aromatic carbocycles. The summed E-state index contributed by atoms with van der Waals surface area (Å²) in [6, 6.07) is 5.26. The summed E-state index contributed by atoms with van der Waals surface area (Å²) in [6.07, 6.45) is 2.68. The molecule has 0 aliphatic carbocycles. The molecular weight excluding hydrogens is 256 g/mol. The predicted octanol–water partition coefficient (Wildman–Crippen LogP) is 2.34. The maximum absolute atomic E-state index is 11.9. The van der Waals surface area contributed by atoms with Crippen molar-refractivity contribution in [2.75, 3.05) is 23.9 Å². The normalized spacial score (nSPS) is 14.7. The van der Waals surface area contributed by atoms with E-state index in [9.17, 15) is 9.59 Å². The molecule has 2 amide bonds. The quantitative estimate of drug-likeness (QED) is 0.861. The molecule has 5 heteroatoms. The molecule has 0 unspecified atom stereocenters. The number of carbonyl (C=O) groups is 2. The maximum atomic E-state index is 11.9. The minimum atomic E-state index is -0.141. The highest BCUT2D eigenvalue weighted by Gasteiger charge is 2.22. The molecule has 0 atom stereocenters. The van der Waals surface area contributed by atoms with Crippen molar-refractivity contribution in [1.29, 1.82) is 0 Å². The minimum absolute atomic E-state index is 0.0492. The minimum Gasteiger partial charge on any atom is -0.482 e. The molecule has 0 fully saturated rings. The van der Waals surface area contributed by atoms with Gasteiger partial charge in [-0.1, -0.05) is 13.0 Å². The fourth-order valence-corrected chi connectivity index (χ4v) is 1.98. The van der Waals surface area contributed by atoms with Gasteiger partial charge in [0.2, 0.25) is 0 Å². The smallest absolute Gasteiger partial charge is 0.264 e. The SMILES string of the molecule is CC/C=C(/C)C(=O)Nc1ccc2c(c1)N(C)C(=O)CO2. The number of benzene rings is 1. The number of hydrogen-bond donors (Lipinski definition) is 1. The van der Waals surface area contributed by atoms with Crippen molar-refractivity contribution in [1.82, 2.24) is 0 Å². The summed E-state index contributed by atoms with van der Waals surface area (Å²) >= 11 is 0. The molecular formula is C15H18N2O3. The Morgan fingerprint density at radius 3 is 2.95 bits per heavy atom. The van der Waals surface area contributed by atoms with Gasteiger partial charge in [-0.2, -0.15) is 0 Å². The molecule has 1 aliphatic heterocycles. The summed E-state index contributed by atoms with van der Waals surface area (Å²) in [5.41, 5.74) is 1.98. The van der Waals surface area contributed by atoms with Crippen LogP contribution in [0.1, 0.15) is 20.3 Å². The highest BCUT2D eigenvalue weighted by atomic mass is 16.5. The summed E-state index contributed by atoms with van der Waals surface area (Å²) in [5.74, 6) is 0.395. The largest absolute Gasteiger partial charge is 0.482 e. The lowest BCUT2D eigenvalue weighted by Gasteiger charge is -2.26. The monoisotopic (exact) mass is 274 g/mol. The zero-order valence-corrected chi connectivity index (χ0v) is 11.9. The molecule has 0 bridgehead atoms. The molecule has 0 spiro atoms. The Morgan fingerprint density at radius 1 is 1.50 bits per heavy atom. The van der Waals surface area contributed by atoms with E-state index in [1.165, 1.54) is 4.90 Å². The van der Waals surface area contributed by atoms with E-state index in [0.717, 1.165) is 6.42 Å². The van der Waals surface area contributed by atoms with Gasteiger partial charge in [-0.25, -0.2) is 0 Å². The van der Waals surface area contributed by atoms with Crippen molar-refractivity contribution in [3.8, 4) is 5.75 Å². The molecule has 0 saturated carbocycles. The van der Waals surface area contributed by atoms with Gasteiger partial charge >= 0.3 is 0 Å². The lowest BCUT2D eigenvalue weighted by atomic mass is 10.2. The van der Waals surface area contributed by atoms with E-state index in [1.807, 2.05) is 13.0 Å². The number of amides is 2. The number of anilines is 2. The Kier molecular flexibility index (Phi) is 4.08. The third-order valence-electron chi connectivity index (χ3n) is 3.17. The van der Waals surface area contributed by atoms with Crippen molar-refractivity contribution in [2.45, 2.75) is 20.3 Å². The van der Waals surface area contributed by atoms with Crippen LogP contribution in [0.3, 0.4) is 0 Å². The van der Waals surface area contributed by atoms with Crippen LogP contribution in [-0.4, -0.2) is 25.5 Å². The zero-order valence-electron chi connectivity index (χ0n) is 11.9. The molecule has 20 heavy (non-hydrogen) atoms. The number of fused-ring (bicyclic) bond motifs is 1. The van der Waals surface area contributed by atoms with E-state index < -0.39 is 0 Å². The third kappa shape index (κ3) is 2.82. The number of carbonyl (C=O) groups excluding carboxylic acids is 2. The molecule has 1 N–H and O–H groups in total. The summed E-state index contributed by atoms with van der Waals surface area (Å²) in [4.78, 5) is 25.0. The lowest BCUT2D eigenvalue weighted by molar-refractivity contribution is -0.121. The van der Waals surface area contributed by atoms with Crippen LogP contribution in [0.2, 0.25) is 0 Å². The number of hydrogen-bond acceptors (Lipinski definition) is 3. The molecule has 2 rings (SSSR count). The van der Waals surface area contributed by atoms with Gasteiger partial charge in [-0.05, 0) is 31.5 Å². The van der Waals surface area contributed by atoms with Crippen LogP contribution in [0, 0.1) is 0 Å². The number of nitrogens with zero attached hydrogens (tertiary/aromatic N) is 1. The summed E-state index contributed by atoms with van der Waals surface area (Å²) < 4.78 is 5.34. The number of likely N-dealkylation sites (N-methyl/N-ethyl adjacent to an activating group) is 1. The van der Waals surface area contributed by atoms with E-state index in [2.05, 4.69) is 5.32 Å². The first kappa shape index (κ1) is 14.1. The third-order valence-corrected chi connectivity index (χ3v) is 3.17. The van der Waals surface area contributed by atoms with Gasteiger partial charge in [0, 0.05) is 18.3 Å². The second kappa shape index (κ2) is 5.77. The molecule has 106 valence electrons. The Morgan fingerprint density at radius 2 is 2.25 bits per heavy atom. The average molecular weight is 274 g/mol. The van der Waals surface area contributed by atoms with E-state index in [4.69, 9.17) is 4.74 Å². The highest BCUT2D eigenvalue weighted by Crippen LogP contribution is 2.33. The summed E-state index contributed by atoms with van der Waals surface area (Å²) in [6.45, 7) is 3.80. The highest BCUT2D eigenvalue weighted by molar-refractivity contribution is 6.04. The van der Waals surface area contributed by atoms with Crippen molar-refractivity contribution in [3.63, 3.8) is 0 Å². The van der Waals surface area contributed by atoms with E-state index >= 15 is 0 Å². The first-order valence-corrected chi connectivity index (χ1v) is 6.54. The average Bonchev–Trinajstić information content (AvgIpc) is 2.43. The number of allylic oxidation sites excluding steroid dienone is 1. The first-order valence-electron chi connectivity index (χ1n) is 6.54. The van der Waals surface area contributed by atoms with Crippen molar-refractivity contribution in [3.05, 3.63) is 29.8 Å². The van der Waals surface area contributed by atoms with Gasteiger partial charge < -0.3 is 15.0 Å². The van der Waals surface area contributed by atoms with Crippen molar-refractivity contribution in [2.24, 2.45) is 0 Å². The van der Waals surface area contributed by atoms with Gasteiger partial charge in [-0.15, -0.1) is 0 Å². The molecule has 0 aromatic heterocycles. The molecule has 1 aromatic rings. The standard InChI is InChI=1S/C15H18N2O3/c1-4-5-10(2)15(19)16-11-6-7-13-12(8-11)17(3)14(18)9-20-13/h5-8H,4,9H2,1-3H3,(H,16,19)/b10-5-. The van der Waals surface area contributed by atoms with Gasteiger partial charge in [0.05, 0.1) is 5.69 Å². The second-order valence-corrected chi connectivity index (χ2v) is 4.67. The second-order valence-electron chi connectivity index (χ2n) is 4.67. The van der Waals surface area contributed by atoms with Gasteiger partial charge in [-0.3, -0.25) is 9.59 Å². The fraction of sp³-hybridized carbons (Fsp3) is 0.333. The van der Waals surface area contributed by atoms with E-state index in [1.54, 1.807) is 32.2 Å². The van der Waals surface area contributed by atoms with Crippen LogP contribution in [0.4, 0.5) is 11.4 Å². The van der Waals surface area contributed by atoms with Crippen molar-refractivity contribution >= 4 is 23.2 Å². The topological polar surface area (TPSA) is 58.6 Å². The lowest BCUT2D eigenvalue weighted by Crippen LogP contribution is -2.35. The molecule has 5 nitrogen and oxygen atoms in total. The van der Waals surface area contributed by atoms with Gasteiger partial charge in [0.15, 0.2) is 6.61 Å². The van der Waals surface area contributed by atoms with Crippen LogP contribution < -0.4 is 15.0 Å². The van der Waals surface area contributed by atoms with Crippen LogP contribution in [-0.2, 0) is 9.59 Å². The fourth-order valence-electron chi connectivity index (χ4n) is 1.98. The Labute approximate surface area is 118 Å². The van der Waals surface area contributed by atoms with E-state index in [-0.39, 0.29) is 18.4 Å². The molecule has 0 saturated heterocycles. The molecule has 0 radical (unpaired) electrons. The maximum Gasteiger partial charge on any atom is 0.264 e. The number of ether oxygens (including phenoxy) is 1. The van der Waals surface area contributed by atoms with Gasteiger partial charge in [0.1, 0.15) is 5.75 Å². The van der Waals surface area contributed by atoms with Crippen LogP contribution in [0.15, 0.2) is 29.8 Å². The number of nitrogens with one attached hydrogen (secondary N) is 1. The summed E-state index contributed by atoms with van der Waals surface area (Å²) in [5, 5.41) is 2.81. The molecule has 1 aliphatic rings.